The molecule has 0 bridgehead atoms. The first kappa shape index (κ1) is 20.6. The Kier molecular flexibility index (Phi) is 5.90. The summed E-state index contributed by atoms with van der Waals surface area (Å²) >= 11 is 0. The second-order valence-electron chi connectivity index (χ2n) is 7.40. The maximum absolute atomic E-state index is 13.0. The summed E-state index contributed by atoms with van der Waals surface area (Å²) in [7, 11) is -3.63. The molecule has 1 aliphatic rings. The number of H-pyrrole nitrogens is 1. The lowest BCUT2D eigenvalue weighted by Gasteiger charge is -2.26. The number of aromatic amines is 1. The summed E-state index contributed by atoms with van der Waals surface area (Å²) in [6, 6.07) is 13.0. The Morgan fingerprint density at radius 1 is 1.17 bits per heavy atom. The number of sulfonamides is 1. The number of aryl methyl sites for hydroxylation is 2. The number of morpholine rings is 1. The first-order valence-corrected chi connectivity index (χ1v) is 11.4. The highest BCUT2D eigenvalue weighted by molar-refractivity contribution is 7.89. The van der Waals surface area contributed by atoms with Gasteiger partial charge in [0.2, 0.25) is 15.9 Å². The van der Waals surface area contributed by atoms with Crippen LogP contribution in [0.15, 0.2) is 53.6 Å². The second kappa shape index (κ2) is 8.59. The van der Waals surface area contributed by atoms with Gasteiger partial charge in [-0.25, -0.2) is 8.42 Å². The summed E-state index contributed by atoms with van der Waals surface area (Å²) in [5.74, 6) is -0.154. The number of benzene rings is 2. The Bertz CT molecular complexity index is 1160. The molecule has 0 atom stereocenters. The van der Waals surface area contributed by atoms with Crippen molar-refractivity contribution in [3.63, 3.8) is 0 Å². The third-order valence-electron chi connectivity index (χ3n) is 5.36. The van der Waals surface area contributed by atoms with Gasteiger partial charge in [-0.15, -0.1) is 0 Å². The predicted molar refractivity (Wildman–Crippen MR) is 116 cm³/mol. The third kappa shape index (κ3) is 4.26. The van der Waals surface area contributed by atoms with Crippen LogP contribution in [-0.2, 0) is 26.0 Å². The molecule has 1 fully saturated rings. The van der Waals surface area contributed by atoms with E-state index >= 15 is 0 Å². The Balaban J connectivity index is 1.45. The summed E-state index contributed by atoms with van der Waals surface area (Å²) in [5.41, 5.74) is 3.26. The minimum atomic E-state index is -3.63. The number of nitrogens with zero attached hydrogens (tertiary/aromatic N) is 1. The smallest absolute Gasteiger partial charge is 0.243 e. The SMILES string of the molecule is Cc1ccc(NC(=O)CCc2c[nH]c3ccccc23)cc1S(=O)(=O)N1CCOCC1. The van der Waals surface area contributed by atoms with Gasteiger partial charge in [-0.2, -0.15) is 4.31 Å². The van der Waals surface area contributed by atoms with Crippen LogP contribution in [0.4, 0.5) is 5.69 Å². The van der Waals surface area contributed by atoms with Crippen LogP contribution >= 0.6 is 0 Å². The van der Waals surface area contributed by atoms with E-state index < -0.39 is 10.0 Å². The topological polar surface area (TPSA) is 91.5 Å². The number of para-hydroxylation sites is 1. The Hall–Kier alpha value is -2.68. The largest absolute Gasteiger partial charge is 0.379 e. The van der Waals surface area contributed by atoms with Crippen molar-refractivity contribution in [1.82, 2.24) is 9.29 Å². The number of hydrogen-bond acceptors (Lipinski definition) is 4. The molecule has 1 saturated heterocycles. The highest BCUT2D eigenvalue weighted by atomic mass is 32.2. The number of carbonyl (C=O) groups excluding carboxylic acids is 1. The van der Waals surface area contributed by atoms with Crippen LogP contribution in [0.3, 0.4) is 0 Å². The van der Waals surface area contributed by atoms with Gasteiger partial charge in [-0.3, -0.25) is 4.79 Å². The van der Waals surface area contributed by atoms with Crippen LogP contribution in [0.1, 0.15) is 17.5 Å². The van der Waals surface area contributed by atoms with Gasteiger partial charge >= 0.3 is 0 Å². The van der Waals surface area contributed by atoms with Gasteiger partial charge in [-0.05, 0) is 42.7 Å². The zero-order valence-electron chi connectivity index (χ0n) is 16.8. The number of ether oxygens (including phenoxy) is 1. The molecule has 0 radical (unpaired) electrons. The van der Waals surface area contributed by atoms with E-state index in [1.165, 1.54) is 4.31 Å². The van der Waals surface area contributed by atoms with E-state index in [9.17, 15) is 13.2 Å². The van der Waals surface area contributed by atoms with E-state index in [1.807, 2.05) is 30.5 Å². The van der Waals surface area contributed by atoms with Crippen molar-refractivity contribution in [2.75, 3.05) is 31.6 Å². The molecule has 2 aromatic carbocycles. The summed E-state index contributed by atoms with van der Waals surface area (Å²) in [4.78, 5) is 15.9. The molecular formula is C22H25N3O4S. The molecule has 0 saturated carbocycles. The van der Waals surface area contributed by atoms with Crippen molar-refractivity contribution in [2.45, 2.75) is 24.7 Å². The molecule has 7 nitrogen and oxygen atoms in total. The second-order valence-corrected chi connectivity index (χ2v) is 9.31. The van der Waals surface area contributed by atoms with E-state index in [1.54, 1.807) is 25.1 Å². The van der Waals surface area contributed by atoms with E-state index in [0.29, 0.717) is 50.4 Å². The van der Waals surface area contributed by atoms with Crippen LogP contribution in [-0.4, -0.2) is 49.9 Å². The van der Waals surface area contributed by atoms with Crippen molar-refractivity contribution in [2.24, 2.45) is 0 Å². The van der Waals surface area contributed by atoms with Gasteiger partial charge in [0.25, 0.3) is 0 Å². The van der Waals surface area contributed by atoms with Gasteiger partial charge in [0.1, 0.15) is 0 Å². The quantitative estimate of drug-likeness (QED) is 0.632. The summed E-state index contributed by atoms with van der Waals surface area (Å²) in [6.45, 7) is 3.22. The molecule has 1 aromatic heterocycles. The normalized spacial score (nSPS) is 15.4. The van der Waals surface area contributed by atoms with Crippen LogP contribution < -0.4 is 5.32 Å². The van der Waals surface area contributed by atoms with Crippen LogP contribution in [0.5, 0.6) is 0 Å². The number of carbonyl (C=O) groups is 1. The molecule has 2 heterocycles. The molecule has 0 aliphatic carbocycles. The minimum Gasteiger partial charge on any atom is -0.379 e. The van der Waals surface area contributed by atoms with Gasteiger partial charge in [0.15, 0.2) is 0 Å². The molecule has 158 valence electrons. The number of nitrogens with one attached hydrogen (secondary N) is 2. The molecule has 1 aliphatic heterocycles. The summed E-state index contributed by atoms with van der Waals surface area (Å²) < 4.78 is 32.7. The average molecular weight is 428 g/mol. The lowest BCUT2D eigenvalue weighted by Crippen LogP contribution is -2.40. The van der Waals surface area contributed by atoms with Crippen molar-refractivity contribution in [3.05, 3.63) is 59.8 Å². The van der Waals surface area contributed by atoms with Gasteiger partial charge in [0, 0.05) is 42.3 Å². The molecule has 0 unspecified atom stereocenters. The average Bonchev–Trinajstić information content (AvgIpc) is 3.17. The first-order chi connectivity index (χ1) is 14.4. The standard InChI is InChI=1S/C22H25N3O4S/c1-16-6-8-18(14-21(16)30(27,28)25-10-12-29-13-11-25)24-22(26)9-7-17-15-23-20-5-3-2-4-19(17)20/h2-6,8,14-15,23H,7,9-13H2,1H3,(H,24,26). The fourth-order valence-electron chi connectivity index (χ4n) is 3.69. The fourth-order valence-corrected chi connectivity index (χ4v) is 5.35. The maximum atomic E-state index is 13.0. The van der Waals surface area contributed by atoms with Gasteiger partial charge in [-0.1, -0.05) is 24.3 Å². The zero-order chi connectivity index (χ0) is 21.1. The lowest BCUT2D eigenvalue weighted by molar-refractivity contribution is -0.116. The van der Waals surface area contributed by atoms with Crippen molar-refractivity contribution >= 4 is 32.5 Å². The van der Waals surface area contributed by atoms with Crippen LogP contribution in [0, 0.1) is 6.92 Å². The Labute approximate surface area is 176 Å². The van der Waals surface area contributed by atoms with Gasteiger partial charge in [0.05, 0.1) is 18.1 Å². The summed E-state index contributed by atoms with van der Waals surface area (Å²) in [6.07, 6.45) is 2.83. The molecule has 0 spiro atoms. The lowest BCUT2D eigenvalue weighted by atomic mass is 10.1. The summed E-state index contributed by atoms with van der Waals surface area (Å²) in [5, 5.41) is 3.95. The van der Waals surface area contributed by atoms with Crippen LogP contribution in [0.25, 0.3) is 10.9 Å². The number of aromatic nitrogens is 1. The first-order valence-electron chi connectivity index (χ1n) is 9.98. The minimum absolute atomic E-state index is 0.154. The van der Waals surface area contributed by atoms with Crippen molar-refractivity contribution < 1.29 is 17.9 Å². The molecular weight excluding hydrogens is 402 g/mol. The van der Waals surface area contributed by atoms with Gasteiger partial charge < -0.3 is 15.0 Å². The zero-order valence-corrected chi connectivity index (χ0v) is 17.7. The van der Waals surface area contributed by atoms with E-state index in [-0.39, 0.29) is 10.8 Å². The number of amides is 1. The molecule has 4 rings (SSSR count). The van der Waals surface area contributed by atoms with Crippen molar-refractivity contribution in [1.29, 1.82) is 0 Å². The van der Waals surface area contributed by atoms with Crippen LogP contribution in [0.2, 0.25) is 0 Å². The number of hydrogen-bond donors (Lipinski definition) is 2. The Morgan fingerprint density at radius 2 is 1.93 bits per heavy atom. The monoisotopic (exact) mass is 427 g/mol. The molecule has 1 amide bonds. The predicted octanol–water partition coefficient (Wildman–Crippen LogP) is 3.07. The van der Waals surface area contributed by atoms with Crippen molar-refractivity contribution in [3.8, 4) is 0 Å². The number of fused-ring (bicyclic) bond motifs is 1. The third-order valence-corrected chi connectivity index (χ3v) is 7.40. The van der Waals surface area contributed by atoms with E-state index in [2.05, 4.69) is 10.3 Å². The highest BCUT2D eigenvalue weighted by Crippen LogP contribution is 2.25. The molecule has 2 N–H and O–H groups in total. The fraction of sp³-hybridized carbons (Fsp3) is 0.318. The number of rotatable bonds is 6. The van der Waals surface area contributed by atoms with E-state index in [4.69, 9.17) is 4.74 Å². The van der Waals surface area contributed by atoms with E-state index in [0.717, 1.165) is 16.5 Å². The molecule has 3 aromatic rings. The number of anilines is 1. The molecule has 8 heteroatoms. The highest BCUT2D eigenvalue weighted by Gasteiger charge is 2.28. The maximum Gasteiger partial charge on any atom is 0.243 e. The Morgan fingerprint density at radius 3 is 2.73 bits per heavy atom. The molecule has 30 heavy (non-hydrogen) atoms.